The van der Waals surface area contributed by atoms with Crippen molar-refractivity contribution >= 4 is 33.2 Å². The zero-order valence-corrected chi connectivity index (χ0v) is 17.3. The number of amides is 1. The number of hydrogen-bond donors (Lipinski definition) is 5. The number of anilines is 3. The van der Waals surface area contributed by atoms with Gasteiger partial charge in [0.2, 0.25) is 0 Å². The summed E-state index contributed by atoms with van der Waals surface area (Å²) in [6, 6.07) is 6.11. The third-order valence-corrected chi connectivity index (χ3v) is 5.67. The molecule has 1 heterocycles. The monoisotopic (exact) mass is 438 g/mol. The van der Waals surface area contributed by atoms with E-state index in [1.165, 1.54) is 25.3 Å². The molecule has 11 heteroatoms. The molecule has 0 unspecified atom stereocenters. The van der Waals surface area contributed by atoms with E-state index in [1.807, 2.05) is 6.92 Å². The van der Waals surface area contributed by atoms with E-state index in [-0.39, 0.29) is 48.4 Å². The molecule has 0 saturated carbocycles. The Balaban J connectivity index is 2.10. The van der Waals surface area contributed by atoms with Gasteiger partial charge < -0.3 is 20.5 Å². The van der Waals surface area contributed by atoms with Gasteiger partial charge in [0.05, 0.1) is 30.7 Å². The van der Waals surface area contributed by atoms with Crippen molar-refractivity contribution in [3.05, 3.63) is 46.8 Å². The van der Waals surface area contributed by atoms with Gasteiger partial charge in [0.1, 0.15) is 11.5 Å². The minimum absolute atomic E-state index is 0.0113. The molecule has 3 rings (SSSR count). The minimum atomic E-state index is -4.07. The average molecular weight is 438 g/mol. The molecule has 0 radical (unpaired) electrons. The molecule has 0 aliphatic carbocycles. The maximum Gasteiger partial charge on any atom is 0.299 e. The number of rotatable bonds is 9. The molecule has 0 atom stereocenters. The number of benzene rings is 2. The maximum atomic E-state index is 14.5. The normalized spacial score (nSPS) is 13.0. The summed E-state index contributed by atoms with van der Waals surface area (Å²) in [5.74, 6) is -0.736. The molecule has 30 heavy (non-hydrogen) atoms. The predicted octanol–water partition coefficient (Wildman–Crippen LogP) is 1.62. The fourth-order valence-electron chi connectivity index (χ4n) is 3.14. The molecule has 1 aliphatic heterocycles. The van der Waals surface area contributed by atoms with Gasteiger partial charge in [0.25, 0.3) is 16.1 Å². The first-order valence-corrected chi connectivity index (χ1v) is 10.7. The highest BCUT2D eigenvalue weighted by molar-refractivity contribution is 7.90. The van der Waals surface area contributed by atoms with Crippen LogP contribution in [0.2, 0.25) is 0 Å². The second-order valence-electron chi connectivity index (χ2n) is 6.56. The van der Waals surface area contributed by atoms with E-state index in [2.05, 4.69) is 20.1 Å². The summed E-state index contributed by atoms with van der Waals surface area (Å²) in [6.45, 7) is 1.48. The zero-order chi connectivity index (χ0) is 21.9. The van der Waals surface area contributed by atoms with Crippen molar-refractivity contribution in [2.45, 2.75) is 19.9 Å². The van der Waals surface area contributed by atoms with Crippen molar-refractivity contribution in [3.63, 3.8) is 0 Å². The van der Waals surface area contributed by atoms with Crippen molar-refractivity contribution in [2.24, 2.45) is 0 Å². The summed E-state index contributed by atoms with van der Waals surface area (Å²) in [6.07, 6.45) is 0.658. The molecule has 162 valence electrons. The topological polar surface area (TPSA) is 129 Å². The second-order valence-corrected chi connectivity index (χ2v) is 8.06. The Kier molecular flexibility index (Phi) is 6.44. The zero-order valence-electron chi connectivity index (χ0n) is 16.5. The Hall–Kier alpha value is -2.89. The Morgan fingerprint density at radius 1 is 1.27 bits per heavy atom. The number of nitrogens with one attached hydrogen (secondary N) is 4. The lowest BCUT2D eigenvalue weighted by molar-refractivity contribution is 0.0965. The van der Waals surface area contributed by atoms with E-state index in [9.17, 15) is 17.6 Å². The summed E-state index contributed by atoms with van der Waals surface area (Å²) in [7, 11) is -2.73. The highest BCUT2D eigenvalue weighted by atomic mass is 32.2. The Morgan fingerprint density at radius 2 is 2.03 bits per heavy atom. The molecule has 5 N–H and O–H groups in total. The van der Waals surface area contributed by atoms with Gasteiger partial charge in [-0.1, -0.05) is 13.0 Å². The fourth-order valence-corrected chi connectivity index (χ4v) is 4.05. The van der Waals surface area contributed by atoms with Crippen LogP contribution in [0.4, 0.5) is 21.5 Å². The average Bonchev–Trinajstić information content (AvgIpc) is 3.08. The van der Waals surface area contributed by atoms with Crippen LogP contribution < -0.4 is 24.8 Å². The molecule has 9 nitrogen and oxygen atoms in total. The molecule has 1 aliphatic rings. The van der Waals surface area contributed by atoms with Crippen molar-refractivity contribution < 1.29 is 27.4 Å². The highest BCUT2D eigenvalue weighted by Crippen LogP contribution is 2.42. The summed E-state index contributed by atoms with van der Waals surface area (Å²) >= 11 is 0. The van der Waals surface area contributed by atoms with E-state index in [1.54, 1.807) is 6.07 Å². The molecule has 0 spiro atoms. The molecule has 2 aromatic carbocycles. The number of aryl methyl sites for hydroxylation is 1. The molecular formula is C19H23FN4O5S. The lowest BCUT2D eigenvalue weighted by Gasteiger charge is -2.20. The van der Waals surface area contributed by atoms with Crippen molar-refractivity contribution in [3.8, 4) is 5.75 Å². The van der Waals surface area contributed by atoms with Gasteiger partial charge >= 0.3 is 0 Å². The number of aliphatic hydroxyl groups is 1. The first-order valence-electron chi connectivity index (χ1n) is 9.25. The summed E-state index contributed by atoms with van der Waals surface area (Å²) in [5.41, 5.74) is 1.84. The van der Waals surface area contributed by atoms with E-state index >= 15 is 0 Å². The van der Waals surface area contributed by atoms with Gasteiger partial charge in [-0.3, -0.25) is 9.52 Å². The van der Waals surface area contributed by atoms with Gasteiger partial charge in [-0.15, -0.1) is 0 Å². The van der Waals surface area contributed by atoms with E-state index in [4.69, 9.17) is 9.84 Å². The number of methoxy groups -OCH3 is 1. The number of halogens is 1. The standard InChI is InChI=1S/C19H23FN4O5S/c1-3-11-4-5-15(14(20)8-11)23-16-9-12-13(10-21-19(12)26)18(29-2)17(16)24-30(27,28)22-6-7-25/h4-5,8-9,22-25H,3,6-7,10H2,1-2H3,(H,21,26). The smallest absolute Gasteiger partial charge is 0.299 e. The van der Waals surface area contributed by atoms with Crippen LogP contribution in [-0.2, 0) is 23.2 Å². The van der Waals surface area contributed by atoms with Gasteiger partial charge in [0.15, 0.2) is 5.75 Å². The molecule has 0 aromatic heterocycles. The van der Waals surface area contributed by atoms with E-state index in [0.29, 0.717) is 17.5 Å². The van der Waals surface area contributed by atoms with Gasteiger partial charge in [-0.05, 0) is 30.2 Å². The van der Waals surface area contributed by atoms with Crippen LogP contribution in [0.5, 0.6) is 5.75 Å². The van der Waals surface area contributed by atoms with Crippen LogP contribution in [0.1, 0.15) is 28.4 Å². The quantitative estimate of drug-likeness (QED) is 0.405. The van der Waals surface area contributed by atoms with Crippen LogP contribution in [0.3, 0.4) is 0 Å². The summed E-state index contributed by atoms with van der Waals surface area (Å²) < 4.78 is 49.2. The van der Waals surface area contributed by atoms with E-state index < -0.39 is 16.0 Å². The number of ether oxygens (including phenoxy) is 1. The van der Waals surface area contributed by atoms with E-state index in [0.717, 1.165) is 5.56 Å². The number of hydrogen-bond acceptors (Lipinski definition) is 6. The maximum absolute atomic E-state index is 14.5. The number of carbonyl (C=O) groups excluding carboxylic acids is 1. The van der Waals surface area contributed by atoms with Crippen LogP contribution in [-0.4, -0.2) is 39.7 Å². The Bertz CT molecular complexity index is 1080. The van der Waals surface area contributed by atoms with Crippen LogP contribution in [0.25, 0.3) is 0 Å². The lowest BCUT2D eigenvalue weighted by Crippen LogP contribution is -2.32. The number of aliphatic hydroxyl groups excluding tert-OH is 1. The van der Waals surface area contributed by atoms with Gasteiger partial charge in [-0.2, -0.15) is 13.1 Å². The first kappa shape index (κ1) is 21.8. The Labute approximate surface area is 173 Å². The molecule has 0 bridgehead atoms. The third-order valence-electron chi connectivity index (χ3n) is 4.61. The summed E-state index contributed by atoms with van der Waals surface area (Å²) in [5, 5.41) is 14.4. The second kappa shape index (κ2) is 8.86. The molecule has 0 saturated heterocycles. The minimum Gasteiger partial charge on any atom is -0.494 e. The van der Waals surface area contributed by atoms with Crippen molar-refractivity contribution in [1.29, 1.82) is 0 Å². The highest BCUT2D eigenvalue weighted by Gasteiger charge is 2.29. The lowest BCUT2D eigenvalue weighted by atomic mass is 10.1. The molecule has 2 aromatic rings. The SMILES string of the molecule is CCc1ccc(Nc2cc3c(c(OC)c2NS(=O)(=O)NCCO)CNC3=O)c(F)c1. The molecule has 0 fully saturated rings. The number of fused-ring (bicyclic) bond motifs is 1. The summed E-state index contributed by atoms with van der Waals surface area (Å²) in [4.78, 5) is 12.2. The van der Waals surface area contributed by atoms with Crippen LogP contribution >= 0.6 is 0 Å². The van der Waals surface area contributed by atoms with Crippen molar-refractivity contribution in [2.75, 3.05) is 30.3 Å². The predicted molar refractivity (Wildman–Crippen MR) is 111 cm³/mol. The number of carbonyl (C=O) groups is 1. The first-order chi connectivity index (χ1) is 14.3. The van der Waals surface area contributed by atoms with Crippen LogP contribution in [0.15, 0.2) is 24.3 Å². The molecular weight excluding hydrogens is 415 g/mol. The molecule has 1 amide bonds. The van der Waals surface area contributed by atoms with Crippen molar-refractivity contribution in [1.82, 2.24) is 10.0 Å². The van der Waals surface area contributed by atoms with Crippen LogP contribution in [0, 0.1) is 5.82 Å². The largest absolute Gasteiger partial charge is 0.494 e. The van der Waals surface area contributed by atoms with Gasteiger partial charge in [-0.25, -0.2) is 4.39 Å². The Morgan fingerprint density at radius 3 is 2.67 bits per heavy atom. The third kappa shape index (κ3) is 4.48. The fraction of sp³-hybridized carbons (Fsp3) is 0.316. The van der Waals surface area contributed by atoms with Gasteiger partial charge in [0, 0.05) is 18.7 Å².